The third-order valence-corrected chi connectivity index (χ3v) is 5.78. The number of halogens is 1. The SMILES string of the molecule is Cc1ccc(Cl)cc1S(=O)(=O)NCCCN1CCC(O)CC1. The number of aliphatic hydroxyl groups is 1. The Hall–Kier alpha value is -0.660. The van der Waals surface area contributed by atoms with Gasteiger partial charge < -0.3 is 10.0 Å². The van der Waals surface area contributed by atoms with Crippen LogP contribution in [0.2, 0.25) is 5.02 Å². The second-order valence-electron chi connectivity index (χ2n) is 5.73. The molecule has 2 N–H and O–H groups in total. The number of aryl methyl sites for hydroxylation is 1. The van der Waals surface area contributed by atoms with E-state index in [1.54, 1.807) is 19.1 Å². The maximum Gasteiger partial charge on any atom is 0.240 e. The lowest BCUT2D eigenvalue weighted by Gasteiger charge is -2.29. The number of rotatable bonds is 6. The summed E-state index contributed by atoms with van der Waals surface area (Å²) < 4.78 is 27.2. The van der Waals surface area contributed by atoms with E-state index >= 15 is 0 Å². The number of aliphatic hydroxyl groups excluding tert-OH is 1. The zero-order valence-corrected chi connectivity index (χ0v) is 14.3. The van der Waals surface area contributed by atoms with Gasteiger partial charge in [0.15, 0.2) is 0 Å². The molecule has 0 aliphatic carbocycles. The molecule has 1 aromatic carbocycles. The van der Waals surface area contributed by atoms with Crippen molar-refractivity contribution >= 4 is 21.6 Å². The van der Waals surface area contributed by atoms with E-state index in [9.17, 15) is 13.5 Å². The first-order valence-corrected chi connectivity index (χ1v) is 9.41. The maximum atomic E-state index is 12.3. The Balaban J connectivity index is 1.82. The maximum absolute atomic E-state index is 12.3. The van der Waals surface area contributed by atoms with Gasteiger partial charge in [0.1, 0.15) is 0 Å². The molecule has 1 saturated heterocycles. The molecule has 0 saturated carbocycles. The van der Waals surface area contributed by atoms with Crippen LogP contribution in [0.15, 0.2) is 23.1 Å². The normalized spacial score (nSPS) is 17.8. The smallest absolute Gasteiger partial charge is 0.240 e. The highest BCUT2D eigenvalue weighted by Crippen LogP contribution is 2.20. The van der Waals surface area contributed by atoms with Crippen molar-refractivity contribution < 1.29 is 13.5 Å². The van der Waals surface area contributed by atoms with Crippen LogP contribution in [0, 0.1) is 6.92 Å². The fraction of sp³-hybridized carbons (Fsp3) is 0.600. The third-order valence-electron chi connectivity index (χ3n) is 3.94. The summed E-state index contributed by atoms with van der Waals surface area (Å²) in [5, 5.41) is 9.87. The van der Waals surface area contributed by atoms with Crippen LogP contribution in [-0.4, -0.2) is 50.7 Å². The van der Waals surface area contributed by atoms with E-state index in [1.807, 2.05) is 0 Å². The summed E-state index contributed by atoms with van der Waals surface area (Å²) >= 11 is 5.88. The van der Waals surface area contributed by atoms with Gasteiger partial charge in [-0.3, -0.25) is 0 Å². The number of sulfonamides is 1. The van der Waals surface area contributed by atoms with Crippen LogP contribution < -0.4 is 4.72 Å². The molecule has 1 aromatic rings. The van der Waals surface area contributed by atoms with Gasteiger partial charge in [-0.15, -0.1) is 0 Å². The topological polar surface area (TPSA) is 69.6 Å². The fourth-order valence-electron chi connectivity index (χ4n) is 2.59. The number of hydrogen-bond donors (Lipinski definition) is 2. The average molecular weight is 347 g/mol. The summed E-state index contributed by atoms with van der Waals surface area (Å²) in [5.74, 6) is 0. The van der Waals surface area contributed by atoms with Gasteiger partial charge in [-0.25, -0.2) is 13.1 Å². The summed E-state index contributed by atoms with van der Waals surface area (Å²) in [4.78, 5) is 2.49. The first kappa shape index (κ1) is 17.7. The summed E-state index contributed by atoms with van der Waals surface area (Å²) in [6.07, 6.45) is 2.16. The quantitative estimate of drug-likeness (QED) is 0.770. The number of nitrogens with zero attached hydrogens (tertiary/aromatic N) is 1. The Morgan fingerprint density at radius 3 is 2.73 bits per heavy atom. The van der Waals surface area contributed by atoms with Crippen LogP contribution in [-0.2, 0) is 10.0 Å². The molecule has 5 nitrogen and oxygen atoms in total. The van der Waals surface area contributed by atoms with Crippen LogP contribution in [0.4, 0.5) is 0 Å². The van der Waals surface area contributed by atoms with E-state index in [2.05, 4.69) is 9.62 Å². The van der Waals surface area contributed by atoms with E-state index < -0.39 is 10.0 Å². The van der Waals surface area contributed by atoms with Crippen molar-refractivity contribution in [1.29, 1.82) is 0 Å². The van der Waals surface area contributed by atoms with Crippen molar-refractivity contribution in [3.8, 4) is 0 Å². The molecule has 0 radical (unpaired) electrons. The minimum Gasteiger partial charge on any atom is -0.393 e. The molecule has 1 aliphatic rings. The number of likely N-dealkylation sites (tertiary alicyclic amines) is 1. The molecule has 0 amide bonds. The zero-order chi connectivity index (χ0) is 16.2. The lowest BCUT2D eigenvalue weighted by molar-refractivity contribution is 0.0823. The second kappa shape index (κ2) is 7.75. The molecule has 1 aliphatic heterocycles. The van der Waals surface area contributed by atoms with E-state index in [4.69, 9.17) is 11.6 Å². The monoisotopic (exact) mass is 346 g/mol. The number of piperidine rings is 1. The molecule has 1 heterocycles. The summed E-state index contributed by atoms with van der Waals surface area (Å²) in [7, 11) is -3.52. The molecule has 124 valence electrons. The molecule has 7 heteroatoms. The predicted octanol–water partition coefficient (Wildman–Crippen LogP) is 1.77. The number of nitrogens with one attached hydrogen (secondary N) is 1. The largest absolute Gasteiger partial charge is 0.393 e. The zero-order valence-electron chi connectivity index (χ0n) is 12.8. The van der Waals surface area contributed by atoms with E-state index in [0.717, 1.165) is 38.9 Å². The first-order chi connectivity index (χ1) is 10.4. The molecule has 22 heavy (non-hydrogen) atoms. The molecule has 0 aromatic heterocycles. The number of benzene rings is 1. The van der Waals surface area contributed by atoms with Gasteiger partial charge in [0, 0.05) is 24.7 Å². The fourth-order valence-corrected chi connectivity index (χ4v) is 4.17. The first-order valence-electron chi connectivity index (χ1n) is 7.55. The van der Waals surface area contributed by atoms with Crippen LogP contribution in [0.25, 0.3) is 0 Å². The van der Waals surface area contributed by atoms with E-state index in [1.165, 1.54) is 6.07 Å². The Labute approximate surface area is 137 Å². The van der Waals surface area contributed by atoms with E-state index in [-0.39, 0.29) is 11.0 Å². The average Bonchev–Trinajstić information content (AvgIpc) is 2.48. The van der Waals surface area contributed by atoms with Crippen molar-refractivity contribution in [2.24, 2.45) is 0 Å². The summed E-state index contributed by atoms with van der Waals surface area (Å²) in [5.41, 5.74) is 0.682. The molecule has 0 spiro atoms. The van der Waals surface area contributed by atoms with Gasteiger partial charge in [-0.2, -0.15) is 0 Å². The van der Waals surface area contributed by atoms with Crippen LogP contribution in [0.5, 0.6) is 0 Å². The van der Waals surface area contributed by atoms with Crippen molar-refractivity contribution in [3.05, 3.63) is 28.8 Å². The lowest BCUT2D eigenvalue weighted by atomic mass is 10.1. The highest BCUT2D eigenvalue weighted by molar-refractivity contribution is 7.89. The summed E-state index contributed by atoms with van der Waals surface area (Å²) in [6.45, 7) is 4.74. The highest BCUT2D eigenvalue weighted by Gasteiger charge is 2.18. The molecule has 2 rings (SSSR count). The second-order valence-corrected chi connectivity index (χ2v) is 7.91. The Morgan fingerprint density at radius 1 is 1.36 bits per heavy atom. The van der Waals surface area contributed by atoms with Crippen molar-refractivity contribution in [1.82, 2.24) is 9.62 Å². The van der Waals surface area contributed by atoms with Crippen molar-refractivity contribution in [3.63, 3.8) is 0 Å². The standard InChI is InChI=1S/C15H23ClN2O3S/c1-12-3-4-13(16)11-15(12)22(20,21)17-7-2-8-18-9-5-14(19)6-10-18/h3-4,11,14,17,19H,2,5-10H2,1H3. The van der Waals surface area contributed by atoms with E-state index in [0.29, 0.717) is 17.1 Å². The predicted molar refractivity (Wildman–Crippen MR) is 87.7 cm³/mol. The van der Waals surface area contributed by atoms with Gasteiger partial charge in [0.2, 0.25) is 10.0 Å². The highest BCUT2D eigenvalue weighted by atomic mass is 35.5. The van der Waals surface area contributed by atoms with Crippen molar-refractivity contribution in [2.45, 2.75) is 37.2 Å². The molecule has 0 bridgehead atoms. The third kappa shape index (κ3) is 4.93. The molecular weight excluding hydrogens is 324 g/mol. The van der Waals surface area contributed by atoms with Crippen molar-refractivity contribution in [2.75, 3.05) is 26.2 Å². The van der Waals surface area contributed by atoms with Crippen LogP contribution >= 0.6 is 11.6 Å². The lowest BCUT2D eigenvalue weighted by Crippen LogP contribution is -2.37. The van der Waals surface area contributed by atoms with Gasteiger partial charge in [0.25, 0.3) is 0 Å². The minimum atomic E-state index is -3.52. The minimum absolute atomic E-state index is 0.180. The number of hydrogen-bond acceptors (Lipinski definition) is 4. The summed E-state index contributed by atoms with van der Waals surface area (Å²) in [6, 6.07) is 4.86. The van der Waals surface area contributed by atoms with Gasteiger partial charge in [-0.05, 0) is 50.4 Å². The molecule has 0 unspecified atom stereocenters. The molecular formula is C15H23ClN2O3S. The van der Waals surface area contributed by atoms with Gasteiger partial charge in [-0.1, -0.05) is 17.7 Å². The molecule has 0 atom stereocenters. The Morgan fingerprint density at radius 2 is 2.05 bits per heavy atom. The van der Waals surface area contributed by atoms with Crippen LogP contribution in [0.1, 0.15) is 24.8 Å². The Bertz CT molecular complexity index is 599. The van der Waals surface area contributed by atoms with Crippen LogP contribution in [0.3, 0.4) is 0 Å². The van der Waals surface area contributed by atoms with Gasteiger partial charge in [0.05, 0.1) is 11.0 Å². The Kier molecular flexibility index (Phi) is 6.23. The molecule has 1 fully saturated rings. The van der Waals surface area contributed by atoms with Gasteiger partial charge >= 0.3 is 0 Å².